The predicted molar refractivity (Wildman–Crippen MR) is 88.7 cm³/mol. The summed E-state index contributed by atoms with van der Waals surface area (Å²) in [5, 5.41) is 6.94. The van der Waals surface area contributed by atoms with Crippen molar-refractivity contribution in [2.75, 3.05) is 5.32 Å². The van der Waals surface area contributed by atoms with E-state index in [1.54, 1.807) is 0 Å². The van der Waals surface area contributed by atoms with Crippen molar-refractivity contribution in [3.05, 3.63) is 52.0 Å². The number of nitrogens with one attached hydrogen (secondary N) is 1. The highest BCUT2D eigenvalue weighted by Gasteiger charge is 2.29. The number of anilines is 1. The molecule has 1 amide bonds. The summed E-state index contributed by atoms with van der Waals surface area (Å²) in [7, 11) is 0. The number of amides is 1. The Morgan fingerprint density at radius 1 is 1.30 bits per heavy atom. The molecule has 1 aromatic carbocycles. The highest BCUT2D eigenvalue weighted by molar-refractivity contribution is 7.14. The second kappa shape index (κ2) is 5.62. The number of nitrogens with zero attached hydrogens (tertiary/aromatic N) is 2. The van der Waals surface area contributed by atoms with Gasteiger partial charge in [-0.25, -0.2) is 0 Å². The van der Waals surface area contributed by atoms with Gasteiger partial charge in [0.25, 0.3) is 5.91 Å². The van der Waals surface area contributed by atoms with Gasteiger partial charge in [0.1, 0.15) is 0 Å². The van der Waals surface area contributed by atoms with Crippen LogP contribution in [0, 0.1) is 6.92 Å². The lowest BCUT2D eigenvalue weighted by molar-refractivity contribution is 0.103. The van der Waals surface area contributed by atoms with E-state index in [1.165, 1.54) is 11.3 Å². The van der Waals surface area contributed by atoms with Crippen LogP contribution in [0.1, 0.15) is 39.2 Å². The van der Waals surface area contributed by atoms with Gasteiger partial charge in [0.2, 0.25) is 11.7 Å². The molecule has 0 spiro atoms. The number of rotatable bonds is 4. The Bertz CT molecular complexity index is 864. The Balaban J connectivity index is 1.54. The maximum absolute atomic E-state index is 12.2. The predicted octanol–water partition coefficient (Wildman–Crippen LogP) is 4.24. The Kier molecular flexibility index (Phi) is 3.46. The molecule has 5 nitrogen and oxygen atoms in total. The average Bonchev–Trinajstić information content (AvgIpc) is 3.11. The van der Waals surface area contributed by atoms with E-state index in [0.29, 0.717) is 22.5 Å². The van der Waals surface area contributed by atoms with E-state index in [4.69, 9.17) is 4.52 Å². The highest BCUT2D eigenvalue weighted by atomic mass is 32.1. The van der Waals surface area contributed by atoms with Crippen LogP contribution in [-0.2, 0) is 0 Å². The van der Waals surface area contributed by atoms with Crippen molar-refractivity contribution in [2.45, 2.75) is 25.7 Å². The summed E-state index contributed by atoms with van der Waals surface area (Å²) in [6, 6.07) is 11.3. The van der Waals surface area contributed by atoms with Gasteiger partial charge < -0.3 is 9.84 Å². The van der Waals surface area contributed by atoms with Crippen LogP contribution in [0.15, 0.2) is 40.9 Å². The van der Waals surface area contributed by atoms with Crippen LogP contribution in [0.25, 0.3) is 11.4 Å². The molecule has 1 N–H and O–H groups in total. The van der Waals surface area contributed by atoms with Crippen LogP contribution in [0.5, 0.6) is 0 Å². The quantitative estimate of drug-likeness (QED) is 0.779. The molecule has 0 bridgehead atoms. The minimum Gasteiger partial charge on any atom is -0.339 e. The van der Waals surface area contributed by atoms with Gasteiger partial charge in [-0.15, -0.1) is 11.3 Å². The first-order valence-electron chi connectivity index (χ1n) is 7.51. The molecule has 116 valence electrons. The third kappa shape index (κ3) is 3.03. The number of hydrogen-bond donors (Lipinski definition) is 1. The van der Waals surface area contributed by atoms with Gasteiger partial charge >= 0.3 is 0 Å². The Labute approximate surface area is 137 Å². The summed E-state index contributed by atoms with van der Waals surface area (Å²) in [4.78, 5) is 18.5. The number of aryl methyl sites for hydroxylation is 1. The van der Waals surface area contributed by atoms with Crippen LogP contribution in [0.4, 0.5) is 5.69 Å². The molecule has 4 rings (SSSR count). The molecule has 0 unspecified atom stereocenters. The van der Waals surface area contributed by atoms with E-state index in [2.05, 4.69) is 15.5 Å². The fourth-order valence-corrected chi connectivity index (χ4v) is 3.10. The molecule has 3 aromatic rings. The molecular formula is C17H15N3O2S. The minimum absolute atomic E-state index is 0.105. The SMILES string of the molecule is Cc1ccc(C(=O)Nc2cccc(-c3noc(C4CC4)n3)c2)s1. The molecule has 23 heavy (non-hydrogen) atoms. The Hall–Kier alpha value is -2.47. The maximum atomic E-state index is 12.2. The molecule has 6 heteroatoms. The van der Waals surface area contributed by atoms with E-state index in [1.807, 2.05) is 43.3 Å². The molecule has 1 aliphatic carbocycles. The first-order chi connectivity index (χ1) is 11.2. The molecule has 1 saturated carbocycles. The molecule has 1 aliphatic rings. The first-order valence-corrected chi connectivity index (χ1v) is 8.32. The lowest BCUT2D eigenvalue weighted by Crippen LogP contribution is -2.09. The fourth-order valence-electron chi connectivity index (χ4n) is 2.33. The van der Waals surface area contributed by atoms with Crippen molar-refractivity contribution in [1.82, 2.24) is 10.1 Å². The number of aromatic nitrogens is 2. The smallest absolute Gasteiger partial charge is 0.265 e. The normalized spacial score (nSPS) is 14.0. The summed E-state index contributed by atoms with van der Waals surface area (Å²) >= 11 is 1.48. The van der Waals surface area contributed by atoms with Crippen molar-refractivity contribution in [3.63, 3.8) is 0 Å². The molecule has 0 saturated heterocycles. The van der Waals surface area contributed by atoms with Crippen LogP contribution >= 0.6 is 11.3 Å². The fraction of sp³-hybridized carbons (Fsp3) is 0.235. The van der Waals surface area contributed by atoms with E-state index < -0.39 is 0 Å². The second-order valence-corrected chi connectivity index (χ2v) is 6.96. The van der Waals surface area contributed by atoms with Gasteiger partial charge in [0.15, 0.2) is 0 Å². The zero-order valence-electron chi connectivity index (χ0n) is 12.6. The molecule has 0 radical (unpaired) electrons. The largest absolute Gasteiger partial charge is 0.339 e. The number of thiophene rings is 1. The van der Waals surface area contributed by atoms with Crippen molar-refractivity contribution in [1.29, 1.82) is 0 Å². The lowest BCUT2D eigenvalue weighted by atomic mass is 10.2. The van der Waals surface area contributed by atoms with Gasteiger partial charge in [0.05, 0.1) is 4.88 Å². The van der Waals surface area contributed by atoms with Gasteiger partial charge in [-0.1, -0.05) is 17.3 Å². The van der Waals surface area contributed by atoms with E-state index in [0.717, 1.165) is 29.0 Å². The first kappa shape index (κ1) is 14.1. The second-order valence-electron chi connectivity index (χ2n) is 5.68. The summed E-state index contributed by atoms with van der Waals surface area (Å²) in [5.74, 6) is 1.60. The summed E-state index contributed by atoms with van der Waals surface area (Å²) in [6.45, 7) is 1.98. The minimum atomic E-state index is -0.105. The van der Waals surface area contributed by atoms with Crippen LogP contribution < -0.4 is 5.32 Å². The average molecular weight is 325 g/mol. The monoisotopic (exact) mass is 325 g/mol. The molecule has 1 fully saturated rings. The molecule has 2 heterocycles. The standard InChI is InChI=1S/C17H15N3O2S/c1-10-5-8-14(23-10)16(21)18-13-4-2-3-12(9-13)15-19-17(22-20-15)11-6-7-11/h2-5,8-9,11H,6-7H2,1H3,(H,18,21). The van der Waals surface area contributed by atoms with E-state index in [9.17, 15) is 4.79 Å². The maximum Gasteiger partial charge on any atom is 0.265 e. The third-order valence-corrected chi connectivity index (χ3v) is 4.71. The molecule has 2 aromatic heterocycles. The van der Waals surface area contributed by atoms with Crippen molar-refractivity contribution in [2.24, 2.45) is 0 Å². The number of benzene rings is 1. The van der Waals surface area contributed by atoms with Crippen LogP contribution in [0.3, 0.4) is 0 Å². The third-order valence-electron chi connectivity index (χ3n) is 3.71. The lowest BCUT2D eigenvalue weighted by Gasteiger charge is -2.04. The van der Waals surface area contributed by atoms with Crippen LogP contribution in [-0.4, -0.2) is 16.0 Å². The van der Waals surface area contributed by atoms with E-state index >= 15 is 0 Å². The highest BCUT2D eigenvalue weighted by Crippen LogP contribution is 2.39. The van der Waals surface area contributed by atoms with Gasteiger partial charge in [-0.3, -0.25) is 4.79 Å². The number of carbonyl (C=O) groups is 1. The summed E-state index contributed by atoms with van der Waals surface area (Å²) in [6.07, 6.45) is 2.25. The van der Waals surface area contributed by atoms with Gasteiger partial charge in [-0.05, 0) is 44.0 Å². The zero-order chi connectivity index (χ0) is 15.8. The van der Waals surface area contributed by atoms with Crippen molar-refractivity contribution >= 4 is 22.9 Å². The van der Waals surface area contributed by atoms with Crippen molar-refractivity contribution < 1.29 is 9.32 Å². The van der Waals surface area contributed by atoms with Gasteiger partial charge in [-0.2, -0.15) is 4.98 Å². The number of carbonyl (C=O) groups excluding carboxylic acids is 1. The Morgan fingerprint density at radius 2 is 2.17 bits per heavy atom. The molecular weight excluding hydrogens is 310 g/mol. The van der Waals surface area contributed by atoms with E-state index in [-0.39, 0.29) is 5.91 Å². The Morgan fingerprint density at radius 3 is 2.91 bits per heavy atom. The number of hydrogen-bond acceptors (Lipinski definition) is 5. The summed E-state index contributed by atoms with van der Waals surface area (Å²) in [5.41, 5.74) is 1.55. The summed E-state index contributed by atoms with van der Waals surface area (Å²) < 4.78 is 5.29. The molecule has 0 aliphatic heterocycles. The van der Waals surface area contributed by atoms with Crippen LogP contribution in [0.2, 0.25) is 0 Å². The van der Waals surface area contributed by atoms with Gasteiger partial charge in [0, 0.05) is 22.0 Å². The van der Waals surface area contributed by atoms with Crippen molar-refractivity contribution in [3.8, 4) is 11.4 Å². The zero-order valence-corrected chi connectivity index (χ0v) is 13.4. The molecule has 0 atom stereocenters. The topological polar surface area (TPSA) is 68.0 Å².